The highest BCUT2D eigenvalue weighted by Gasteiger charge is 2.00. The molecule has 0 amide bonds. The summed E-state index contributed by atoms with van der Waals surface area (Å²) in [5.74, 6) is 0.892. The number of nitrogens with one attached hydrogen (secondary N) is 1. The number of guanidine groups is 1. The Hall–Kier alpha value is -1.49. The largest absolute Gasteiger partial charge is 0.475 e. The van der Waals surface area contributed by atoms with Gasteiger partial charge in [-0.2, -0.15) is 0 Å². The van der Waals surface area contributed by atoms with Crippen molar-refractivity contribution < 1.29 is 4.74 Å². The lowest BCUT2D eigenvalue weighted by Crippen LogP contribution is -2.34. The Labute approximate surface area is 125 Å². The highest BCUT2D eigenvalue weighted by molar-refractivity contribution is 6.31. The van der Waals surface area contributed by atoms with Crippen molar-refractivity contribution >= 4 is 17.6 Å². The normalized spacial score (nSPS) is 11.4. The van der Waals surface area contributed by atoms with Gasteiger partial charge in [-0.15, -0.1) is 0 Å². The van der Waals surface area contributed by atoms with Crippen LogP contribution in [-0.2, 0) is 0 Å². The van der Waals surface area contributed by atoms with Gasteiger partial charge in [0.05, 0.1) is 6.54 Å². The summed E-state index contributed by atoms with van der Waals surface area (Å²) in [6, 6.07) is 3.50. The second-order valence-electron chi connectivity index (χ2n) is 4.39. The van der Waals surface area contributed by atoms with Crippen LogP contribution < -0.4 is 15.8 Å². The fourth-order valence-electron chi connectivity index (χ4n) is 1.60. The van der Waals surface area contributed by atoms with Crippen LogP contribution in [0.5, 0.6) is 5.88 Å². The summed E-state index contributed by atoms with van der Waals surface area (Å²) in [6.45, 7) is 3.96. The molecule has 3 N–H and O–H groups in total. The highest BCUT2D eigenvalue weighted by atomic mass is 35.5. The maximum atomic E-state index is 5.92. The summed E-state index contributed by atoms with van der Waals surface area (Å²) in [5, 5.41) is 3.50. The zero-order chi connectivity index (χ0) is 14.6. The van der Waals surface area contributed by atoms with E-state index in [9.17, 15) is 0 Å². The van der Waals surface area contributed by atoms with Crippen molar-refractivity contribution in [2.24, 2.45) is 10.7 Å². The maximum Gasteiger partial charge on any atom is 0.232 e. The summed E-state index contributed by atoms with van der Waals surface area (Å²) in [4.78, 5) is 8.27. The SMILES string of the molecule is CCCCCCN=C(N)NCCOc1ncccc1Cl. The first-order valence-corrected chi connectivity index (χ1v) is 7.39. The third-order valence-electron chi connectivity index (χ3n) is 2.67. The fourth-order valence-corrected chi connectivity index (χ4v) is 1.77. The van der Waals surface area contributed by atoms with Crippen molar-refractivity contribution in [1.82, 2.24) is 10.3 Å². The van der Waals surface area contributed by atoms with Crippen LogP contribution in [0.4, 0.5) is 0 Å². The van der Waals surface area contributed by atoms with Crippen LogP contribution in [0.3, 0.4) is 0 Å². The van der Waals surface area contributed by atoms with E-state index in [1.54, 1.807) is 18.3 Å². The quantitative estimate of drug-likeness (QED) is 0.417. The zero-order valence-corrected chi connectivity index (χ0v) is 12.7. The first-order valence-electron chi connectivity index (χ1n) is 7.01. The van der Waals surface area contributed by atoms with Crippen molar-refractivity contribution in [2.75, 3.05) is 19.7 Å². The van der Waals surface area contributed by atoms with E-state index in [4.69, 9.17) is 22.1 Å². The summed E-state index contributed by atoms with van der Waals surface area (Å²) < 4.78 is 5.43. The second-order valence-corrected chi connectivity index (χ2v) is 4.80. The number of ether oxygens (including phenoxy) is 1. The third-order valence-corrected chi connectivity index (χ3v) is 2.95. The highest BCUT2D eigenvalue weighted by Crippen LogP contribution is 2.19. The summed E-state index contributed by atoms with van der Waals surface area (Å²) in [5.41, 5.74) is 5.74. The van der Waals surface area contributed by atoms with Gasteiger partial charge in [0.2, 0.25) is 5.88 Å². The molecule has 0 aliphatic carbocycles. The van der Waals surface area contributed by atoms with E-state index < -0.39 is 0 Å². The topological polar surface area (TPSA) is 72.5 Å². The number of nitrogens with two attached hydrogens (primary N) is 1. The molecule has 0 radical (unpaired) electrons. The third kappa shape index (κ3) is 7.19. The average Bonchev–Trinajstić information content (AvgIpc) is 2.45. The van der Waals surface area contributed by atoms with E-state index >= 15 is 0 Å². The molecule has 0 saturated carbocycles. The molecule has 0 atom stereocenters. The van der Waals surface area contributed by atoms with Crippen LogP contribution in [0.2, 0.25) is 5.02 Å². The van der Waals surface area contributed by atoms with Crippen molar-refractivity contribution in [1.29, 1.82) is 0 Å². The van der Waals surface area contributed by atoms with Crippen LogP contribution >= 0.6 is 11.6 Å². The maximum absolute atomic E-state index is 5.92. The van der Waals surface area contributed by atoms with Gasteiger partial charge in [0, 0.05) is 12.7 Å². The summed E-state index contributed by atoms with van der Waals surface area (Å²) in [6.07, 6.45) is 6.40. The van der Waals surface area contributed by atoms with Gasteiger partial charge in [-0.3, -0.25) is 4.99 Å². The summed E-state index contributed by atoms with van der Waals surface area (Å²) in [7, 11) is 0. The molecule has 5 nitrogen and oxygen atoms in total. The first-order chi connectivity index (χ1) is 9.74. The van der Waals surface area contributed by atoms with Gasteiger partial charge in [0.15, 0.2) is 5.96 Å². The predicted octanol–water partition coefficient (Wildman–Crippen LogP) is 2.60. The van der Waals surface area contributed by atoms with Crippen molar-refractivity contribution in [2.45, 2.75) is 32.6 Å². The van der Waals surface area contributed by atoms with Crippen LogP contribution in [0.15, 0.2) is 23.3 Å². The molecular formula is C14H23ClN4O. The van der Waals surface area contributed by atoms with Gasteiger partial charge >= 0.3 is 0 Å². The molecule has 1 heterocycles. The van der Waals surface area contributed by atoms with Crippen LogP contribution in [0, 0.1) is 0 Å². The molecule has 0 unspecified atom stereocenters. The van der Waals surface area contributed by atoms with Crippen LogP contribution in [-0.4, -0.2) is 30.6 Å². The Balaban J connectivity index is 2.11. The first kappa shape index (κ1) is 16.6. The molecule has 1 aromatic rings. The van der Waals surface area contributed by atoms with Gasteiger partial charge in [-0.05, 0) is 18.6 Å². The number of pyridine rings is 1. The number of aromatic nitrogens is 1. The Morgan fingerprint density at radius 1 is 1.45 bits per heavy atom. The molecule has 112 valence electrons. The zero-order valence-electron chi connectivity index (χ0n) is 11.9. The van der Waals surface area contributed by atoms with Gasteiger partial charge in [0.25, 0.3) is 0 Å². The molecule has 0 saturated heterocycles. The molecule has 1 rings (SSSR count). The lowest BCUT2D eigenvalue weighted by molar-refractivity contribution is 0.310. The van der Waals surface area contributed by atoms with Gasteiger partial charge in [-0.25, -0.2) is 4.98 Å². The van der Waals surface area contributed by atoms with Crippen LogP contribution in [0.1, 0.15) is 32.6 Å². The fraction of sp³-hybridized carbons (Fsp3) is 0.571. The Bertz CT molecular complexity index is 412. The smallest absolute Gasteiger partial charge is 0.232 e. The Morgan fingerprint density at radius 3 is 3.05 bits per heavy atom. The van der Waals surface area contributed by atoms with E-state index in [1.807, 2.05) is 0 Å². The molecular weight excluding hydrogens is 276 g/mol. The van der Waals surface area contributed by atoms with Gasteiger partial charge in [0.1, 0.15) is 11.6 Å². The van der Waals surface area contributed by atoms with E-state index in [0.29, 0.717) is 30.0 Å². The molecule has 6 heteroatoms. The second kappa shape index (κ2) is 10.3. The molecule has 20 heavy (non-hydrogen) atoms. The summed E-state index contributed by atoms with van der Waals surface area (Å²) >= 11 is 5.92. The number of halogens is 1. The minimum Gasteiger partial charge on any atom is -0.475 e. The number of hydrogen-bond donors (Lipinski definition) is 2. The molecule has 1 aromatic heterocycles. The predicted molar refractivity (Wildman–Crippen MR) is 83.4 cm³/mol. The molecule has 0 aromatic carbocycles. The van der Waals surface area contributed by atoms with Crippen molar-refractivity contribution in [3.63, 3.8) is 0 Å². The molecule has 0 aliphatic heterocycles. The molecule has 0 aliphatic rings. The number of aliphatic imine (C=N–C) groups is 1. The number of unbranched alkanes of at least 4 members (excludes halogenated alkanes) is 3. The van der Waals surface area contributed by atoms with Crippen molar-refractivity contribution in [3.05, 3.63) is 23.4 Å². The lowest BCUT2D eigenvalue weighted by atomic mass is 10.2. The molecule has 0 bridgehead atoms. The van der Waals surface area contributed by atoms with E-state index in [-0.39, 0.29) is 0 Å². The van der Waals surface area contributed by atoms with E-state index in [0.717, 1.165) is 13.0 Å². The minimum atomic E-state index is 0.433. The average molecular weight is 299 g/mol. The number of hydrogen-bond acceptors (Lipinski definition) is 3. The Kier molecular flexibility index (Phi) is 8.54. The lowest BCUT2D eigenvalue weighted by Gasteiger charge is -2.08. The molecule has 0 fully saturated rings. The number of rotatable bonds is 9. The standard InChI is InChI=1S/C14H23ClN4O/c1-2-3-4-5-8-18-14(16)19-10-11-20-13-12(15)7-6-9-17-13/h6-7,9H,2-5,8,10-11H2,1H3,(H3,16,18,19). The molecule has 0 spiro atoms. The van der Waals surface area contributed by atoms with Crippen LogP contribution in [0.25, 0.3) is 0 Å². The van der Waals surface area contributed by atoms with Gasteiger partial charge < -0.3 is 15.8 Å². The number of nitrogens with zero attached hydrogens (tertiary/aromatic N) is 2. The van der Waals surface area contributed by atoms with Gasteiger partial charge in [-0.1, -0.05) is 37.8 Å². The Morgan fingerprint density at radius 2 is 2.30 bits per heavy atom. The van der Waals surface area contributed by atoms with E-state index in [1.165, 1.54) is 19.3 Å². The minimum absolute atomic E-state index is 0.433. The van der Waals surface area contributed by atoms with Crippen molar-refractivity contribution in [3.8, 4) is 5.88 Å². The monoisotopic (exact) mass is 298 g/mol. The van der Waals surface area contributed by atoms with E-state index in [2.05, 4.69) is 22.2 Å².